The minimum absolute atomic E-state index is 0.212. The summed E-state index contributed by atoms with van der Waals surface area (Å²) in [5.41, 5.74) is 6.93. The van der Waals surface area contributed by atoms with Gasteiger partial charge in [-0.05, 0) is 19.9 Å². The molecule has 0 radical (unpaired) electrons. The lowest BCUT2D eigenvalue weighted by Crippen LogP contribution is -2.25. The summed E-state index contributed by atoms with van der Waals surface area (Å²) >= 11 is 0. The molecule has 98 valence electrons. The van der Waals surface area contributed by atoms with Gasteiger partial charge < -0.3 is 10.3 Å². The van der Waals surface area contributed by atoms with Gasteiger partial charge in [0.05, 0.1) is 0 Å². The van der Waals surface area contributed by atoms with E-state index in [1.165, 1.54) is 0 Å². The van der Waals surface area contributed by atoms with Crippen molar-refractivity contribution in [2.24, 2.45) is 5.73 Å². The standard InChI is InChI=1S/C14H15N3O2/c1-3-17-9(2)8-16-12(14(17)19)10-6-4-5-7-11(10)13(15)18/h4-8H,3H2,1-2H3,(H2,15,18). The number of amides is 1. The molecule has 2 aromatic rings. The fraction of sp³-hybridized carbons (Fsp3) is 0.214. The molecule has 0 aliphatic heterocycles. The first-order chi connectivity index (χ1) is 9.06. The van der Waals surface area contributed by atoms with Crippen LogP contribution in [0.2, 0.25) is 0 Å². The van der Waals surface area contributed by atoms with Gasteiger partial charge in [0.25, 0.3) is 5.56 Å². The average molecular weight is 257 g/mol. The van der Waals surface area contributed by atoms with Crippen LogP contribution in [0.25, 0.3) is 11.3 Å². The molecule has 2 rings (SSSR count). The summed E-state index contributed by atoms with van der Waals surface area (Å²) in [6.07, 6.45) is 1.62. The maximum absolute atomic E-state index is 12.3. The van der Waals surface area contributed by atoms with Crippen molar-refractivity contribution in [3.63, 3.8) is 0 Å². The van der Waals surface area contributed by atoms with Crippen molar-refractivity contribution < 1.29 is 4.79 Å². The van der Waals surface area contributed by atoms with E-state index in [0.29, 0.717) is 17.7 Å². The molecular formula is C14H15N3O2. The van der Waals surface area contributed by atoms with Crippen LogP contribution in [0.5, 0.6) is 0 Å². The largest absolute Gasteiger partial charge is 0.366 e. The van der Waals surface area contributed by atoms with E-state index in [0.717, 1.165) is 5.69 Å². The normalized spacial score (nSPS) is 10.4. The second kappa shape index (κ2) is 5.06. The van der Waals surface area contributed by atoms with E-state index < -0.39 is 5.91 Å². The number of rotatable bonds is 3. The van der Waals surface area contributed by atoms with Crippen LogP contribution in [0, 0.1) is 6.92 Å². The van der Waals surface area contributed by atoms with Gasteiger partial charge in [-0.3, -0.25) is 9.59 Å². The van der Waals surface area contributed by atoms with Crippen molar-refractivity contribution in [3.8, 4) is 11.3 Å². The molecule has 0 saturated heterocycles. The second-order valence-electron chi connectivity index (χ2n) is 4.21. The SMILES string of the molecule is CCn1c(C)cnc(-c2ccccc2C(N)=O)c1=O. The number of carbonyl (C=O) groups is 1. The maximum atomic E-state index is 12.3. The van der Waals surface area contributed by atoms with Gasteiger partial charge in [-0.1, -0.05) is 18.2 Å². The van der Waals surface area contributed by atoms with Crippen LogP contribution in [0.3, 0.4) is 0 Å². The molecular weight excluding hydrogens is 242 g/mol. The first-order valence-corrected chi connectivity index (χ1v) is 6.02. The van der Waals surface area contributed by atoms with Crippen LogP contribution in [0.15, 0.2) is 35.3 Å². The van der Waals surface area contributed by atoms with Gasteiger partial charge in [0.1, 0.15) is 5.69 Å². The highest BCUT2D eigenvalue weighted by Gasteiger charge is 2.15. The molecule has 0 aliphatic rings. The lowest BCUT2D eigenvalue weighted by Gasteiger charge is -2.10. The summed E-state index contributed by atoms with van der Waals surface area (Å²) in [6, 6.07) is 6.73. The molecule has 1 aromatic carbocycles. The average Bonchev–Trinajstić information content (AvgIpc) is 2.39. The second-order valence-corrected chi connectivity index (χ2v) is 4.21. The molecule has 0 fully saturated rings. The fourth-order valence-corrected chi connectivity index (χ4v) is 2.05. The Kier molecular flexibility index (Phi) is 3.46. The van der Waals surface area contributed by atoms with Crippen molar-refractivity contribution in [2.45, 2.75) is 20.4 Å². The minimum atomic E-state index is -0.569. The number of carbonyl (C=O) groups excluding carboxylic acids is 1. The lowest BCUT2D eigenvalue weighted by atomic mass is 10.0. The van der Waals surface area contributed by atoms with E-state index in [1.807, 2.05) is 13.8 Å². The molecule has 0 unspecified atom stereocenters. The van der Waals surface area contributed by atoms with Crippen LogP contribution in [0.4, 0.5) is 0 Å². The lowest BCUT2D eigenvalue weighted by molar-refractivity contribution is 0.100. The highest BCUT2D eigenvalue weighted by molar-refractivity contribution is 5.99. The van der Waals surface area contributed by atoms with E-state index in [1.54, 1.807) is 35.0 Å². The van der Waals surface area contributed by atoms with Crippen LogP contribution in [-0.2, 0) is 6.54 Å². The molecule has 0 saturated carbocycles. The Morgan fingerprint density at radius 2 is 2.05 bits per heavy atom. The quantitative estimate of drug-likeness (QED) is 0.901. The first kappa shape index (κ1) is 13.0. The Morgan fingerprint density at radius 1 is 1.37 bits per heavy atom. The van der Waals surface area contributed by atoms with E-state index in [9.17, 15) is 9.59 Å². The van der Waals surface area contributed by atoms with Crippen LogP contribution < -0.4 is 11.3 Å². The molecule has 1 aromatic heterocycles. The summed E-state index contributed by atoms with van der Waals surface area (Å²) in [7, 11) is 0. The van der Waals surface area contributed by atoms with E-state index in [-0.39, 0.29) is 11.3 Å². The third kappa shape index (κ3) is 2.27. The number of aromatic nitrogens is 2. The monoisotopic (exact) mass is 257 g/mol. The predicted octanol–water partition coefficient (Wildman–Crippen LogP) is 1.34. The van der Waals surface area contributed by atoms with Crippen molar-refractivity contribution in [3.05, 3.63) is 52.1 Å². The summed E-state index contributed by atoms with van der Waals surface area (Å²) in [5, 5.41) is 0. The van der Waals surface area contributed by atoms with Crippen LogP contribution in [-0.4, -0.2) is 15.5 Å². The molecule has 0 aliphatic carbocycles. The summed E-state index contributed by atoms with van der Waals surface area (Å²) < 4.78 is 1.61. The summed E-state index contributed by atoms with van der Waals surface area (Å²) in [4.78, 5) is 27.9. The van der Waals surface area contributed by atoms with Gasteiger partial charge in [0.15, 0.2) is 0 Å². The topological polar surface area (TPSA) is 78.0 Å². The van der Waals surface area contributed by atoms with Gasteiger partial charge in [-0.15, -0.1) is 0 Å². The Hall–Kier alpha value is -2.43. The number of nitrogens with two attached hydrogens (primary N) is 1. The number of nitrogens with zero attached hydrogens (tertiary/aromatic N) is 2. The highest BCUT2D eigenvalue weighted by Crippen LogP contribution is 2.18. The van der Waals surface area contributed by atoms with Crippen molar-refractivity contribution >= 4 is 5.91 Å². The van der Waals surface area contributed by atoms with Crippen LogP contribution in [0.1, 0.15) is 23.0 Å². The van der Waals surface area contributed by atoms with Crippen molar-refractivity contribution in [1.82, 2.24) is 9.55 Å². The first-order valence-electron chi connectivity index (χ1n) is 6.02. The summed E-state index contributed by atoms with van der Waals surface area (Å²) in [6.45, 7) is 4.26. The van der Waals surface area contributed by atoms with Crippen molar-refractivity contribution in [1.29, 1.82) is 0 Å². The Bertz CT molecular complexity index is 689. The Balaban J connectivity index is 2.74. The zero-order chi connectivity index (χ0) is 14.0. The predicted molar refractivity (Wildman–Crippen MR) is 72.9 cm³/mol. The van der Waals surface area contributed by atoms with Gasteiger partial charge in [-0.2, -0.15) is 0 Å². The van der Waals surface area contributed by atoms with Crippen LogP contribution >= 0.6 is 0 Å². The fourth-order valence-electron chi connectivity index (χ4n) is 2.05. The van der Waals surface area contributed by atoms with Gasteiger partial charge in [0, 0.05) is 29.6 Å². The molecule has 2 N–H and O–H groups in total. The smallest absolute Gasteiger partial charge is 0.277 e. The number of hydrogen-bond acceptors (Lipinski definition) is 3. The third-order valence-electron chi connectivity index (χ3n) is 3.02. The molecule has 5 heteroatoms. The zero-order valence-electron chi connectivity index (χ0n) is 10.9. The number of benzene rings is 1. The summed E-state index contributed by atoms with van der Waals surface area (Å²) in [5.74, 6) is -0.569. The van der Waals surface area contributed by atoms with Gasteiger partial charge in [0.2, 0.25) is 5.91 Å². The van der Waals surface area contributed by atoms with E-state index in [4.69, 9.17) is 5.73 Å². The van der Waals surface area contributed by atoms with Gasteiger partial charge in [-0.25, -0.2) is 4.98 Å². The minimum Gasteiger partial charge on any atom is -0.366 e. The third-order valence-corrected chi connectivity index (χ3v) is 3.02. The molecule has 1 heterocycles. The zero-order valence-corrected chi connectivity index (χ0v) is 10.9. The molecule has 0 atom stereocenters. The van der Waals surface area contributed by atoms with E-state index >= 15 is 0 Å². The Labute approximate surface area is 110 Å². The molecule has 19 heavy (non-hydrogen) atoms. The number of hydrogen-bond donors (Lipinski definition) is 1. The Morgan fingerprint density at radius 3 is 2.68 bits per heavy atom. The number of aryl methyl sites for hydroxylation is 1. The molecule has 1 amide bonds. The van der Waals surface area contributed by atoms with Gasteiger partial charge >= 0.3 is 0 Å². The van der Waals surface area contributed by atoms with E-state index in [2.05, 4.69) is 4.98 Å². The van der Waals surface area contributed by atoms with Crippen molar-refractivity contribution in [2.75, 3.05) is 0 Å². The number of primary amides is 1. The molecule has 5 nitrogen and oxygen atoms in total. The molecule has 0 bridgehead atoms. The molecule has 0 spiro atoms. The maximum Gasteiger partial charge on any atom is 0.277 e. The highest BCUT2D eigenvalue weighted by atomic mass is 16.1.